The minimum atomic E-state index is -1.23. The zero-order valence-electron chi connectivity index (χ0n) is 25.1. The lowest BCUT2D eigenvalue weighted by atomic mass is 9.94. The van der Waals surface area contributed by atoms with E-state index in [4.69, 9.17) is 14.3 Å². The summed E-state index contributed by atoms with van der Waals surface area (Å²) in [5.41, 5.74) is 0.780. The lowest BCUT2D eigenvalue weighted by Gasteiger charge is -2.49. The van der Waals surface area contributed by atoms with Gasteiger partial charge in [-0.2, -0.15) is 0 Å². The molecule has 2 fully saturated rings. The fraction of sp³-hybridized carbons (Fsp3) is 0.379. The first kappa shape index (κ1) is 34.0. The number of fused-ring (bicyclic) bond motifs is 1. The van der Waals surface area contributed by atoms with Crippen LogP contribution in [0.1, 0.15) is 31.0 Å². The third kappa shape index (κ3) is 7.67. The Morgan fingerprint density at radius 1 is 1.02 bits per heavy atom. The number of carbonyl (C=O) groups is 5. The minimum absolute atomic E-state index is 0.140. The minimum Gasteiger partial charge on any atom is -0.480 e. The first-order valence-corrected chi connectivity index (χ1v) is 14.6. The molecule has 0 radical (unpaired) electrons. The fourth-order valence-corrected chi connectivity index (χ4v) is 6.63. The summed E-state index contributed by atoms with van der Waals surface area (Å²) < 4.78 is 18.1. The first-order chi connectivity index (χ1) is 21.9. The van der Waals surface area contributed by atoms with Crippen LogP contribution in [0.15, 0.2) is 53.7 Å². The maximum atomic E-state index is 13.4. The van der Waals surface area contributed by atoms with Gasteiger partial charge in [-0.1, -0.05) is 35.5 Å². The Kier molecular flexibility index (Phi) is 10.7. The summed E-state index contributed by atoms with van der Waals surface area (Å²) in [5.74, 6) is -2.71. The van der Waals surface area contributed by atoms with E-state index in [1.807, 2.05) is 0 Å². The van der Waals surface area contributed by atoms with Gasteiger partial charge >= 0.3 is 18.3 Å². The summed E-state index contributed by atoms with van der Waals surface area (Å²) in [5, 5.41) is 29.0. The molecule has 17 heteroatoms. The summed E-state index contributed by atoms with van der Waals surface area (Å²) in [6.07, 6.45) is -2.16. The maximum absolute atomic E-state index is 13.4. The smallest absolute Gasteiger partial charge is 0.480 e. The van der Waals surface area contributed by atoms with E-state index in [9.17, 15) is 34.2 Å². The summed E-state index contributed by atoms with van der Waals surface area (Å²) in [6.45, 7) is 2.94. The van der Waals surface area contributed by atoms with Crippen LogP contribution in [0.2, 0.25) is 0 Å². The monoisotopic (exact) mass is 660 g/mol. The van der Waals surface area contributed by atoms with Gasteiger partial charge < -0.3 is 44.6 Å². The summed E-state index contributed by atoms with van der Waals surface area (Å²) in [4.78, 5) is 67.7. The highest BCUT2D eigenvalue weighted by Crippen LogP contribution is 2.52. The molecule has 0 saturated carbocycles. The topological polar surface area (TPSA) is 212 Å². The third-order valence-corrected chi connectivity index (χ3v) is 8.62. The van der Waals surface area contributed by atoms with Crippen LogP contribution in [0.25, 0.3) is 0 Å². The van der Waals surface area contributed by atoms with Crippen molar-refractivity contribution in [1.82, 2.24) is 15.5 Å². The maximum Gasteiger partial charge on any atom is 0.513 e. The first-order valence-electron chi connectivity index (χ1n) is 13.7. The Balaban J connectivity index is 1.39. The van der Waals surface area contributed by atoms with Crippen LogP contribution in [0.3, 0.4) is 0 Å². The second-order valence-electron chi connectivity index (χ2n) is 10.5. The van der Waals surface area contributed by atoms with Gasteiger partial charge in [-0.25, -0.2) is 14.5 Å². The second-order valence-corrected chi connectivity index (χ2v) is 12.3. The molecule has 2 saturated heterocycles. The Bertz CT molecular complexity index is 1500. The highest BCUT2D eigenvalue weighted by atomic mass is 32.2. The molecule has 246 valence electrons. The number of carboxylic acid groups (broad SMARTS) is 1. The predicted octanol–water partition coefficient (Wildman–Crippen LogP) is 1.61. The number of rotatable bonds is 11. The Morgan fingerprint density at radius 3 is 2.30 bits per heavy atom. The molecule has 0 bridgehead atoms. The standard InChI is InChI=1S/C29H32N4O12S/c1-29(2)22(26(37)38)33-24(36)21(25(33)46-29)32-23(35)20(16-8-6-5-7-9-16)31-19(34)14-43-30-13-15-10-11-17(44-27(39)41-3)18(12-15)45-28(40)42-4/h5-13,20-22,24-25,36H,14H2,1-4H3,(H,31,34)(H,32,35)(H,37,38)/b30-13+. The van der Waals surface area contributed by atoms with Crippen LogP contribution in [0.5, 0.6) is 11.5 Å². The van der Waals surface area contributed by atoms with Gasteiger partial charge in [0.15, 0.2) is 18.1 Å². The number of aliphatic hydroxyl groups is 1. The average Bonchev–Trinajstić information content (AvgIpc) is 3.29. The number of hydrogen-bond donors (Lipinski definition) is 4. The van der Waals surface area contributed by atoms with E-state index >= 15 is 0 Å². The number of methoxy groups -OCH3 is 2. The van der Waals surface area contributed by atoms with E-state index in [0.717, 1.165) is 14.2 Å². The molecule has 16 nitrogen and oxygen atoms in total. The van der Waals surface area contributed by atoms with Crippen molar-refractivity contribution in [2.24, 2.45) is 5.16 Å². The van der Waals surface area contributed by atoms with Gasteiger partial charge in [0.1, 0.15) is 18.3 Å². The molecule has 5 unspecified atom stereocenters. The normalized spacial score (nSPS) is 22.0. The molecular weight excluding hydrogens is 628 g/mol. The number of nitrogens with zero attached hydrogens (tertiary/aromatic N) is 2. The van der Waals surface area contributed by atoms with Crippen molar-refractivity contribution >= 4 is 48.1 Å². The Morgan fingerprint density at radius 2 is 1.67 bits per heavy atom. The summed E-state index contributed by atoms with van der Waals surface area (Å²) >= 11 is 1.34. The van der Waals surface area contributed by atoms with Crippen LogP contribution in [0.4, 0.5) is 9.59 Å². The molecule has 0 aromatic heterocycles. The average molecular weight is 661 g/mol. The molecule has 2 aliphatic heterocycles. The number of amides is 2. The number of nitrogens with one attached hydrogen (secondary N) is 2. The third-order valence-electron chi connectivity index (χ3n) is 7.01. The molecule has 46 heavy (non-hydrogen) atoms. The molecule has 2 aromatic rings. The molecule has 2 heterocycles. The number of ether oxygens (including phenoxy) is 4. The summed E-state index contributed by atoms with van der Waals surface area (Å²) in [7, 11) is 2.19. The van der Waals surface area contributed by atoms with Crippen molar-refractivity contribution in [3.8, 4) is 11.5 Å². The van der Waals surface area contributed by atoms with E-state index in [2.05, 4.69) is 25.3 Å². The Hall–Kier alpha value is -4.87. The number of oxime groups is 1. The van der Waals surface area contributed by atoms with E-state index < -0.39 is 71.2 Å². The van der Waals surface area contributed by atoms with Gasteiger partial charge in [-0.15, -0.1) is 11.8 Å². The van der Waals surface area contributed by atoms with Gasteiger partial charge in [0, 0.05) is 10.3 Å². The number of aliphatic hydroxyl groups excluding tert-OH is 1. The lowest BCUT2D eigenvalue weighted by Crippen LogP contribution is -2.73. The number of thioether (sulfide) groups is 1. The number of hydrogen-bond acceptors (Lipinski definition) is 14. The number of benzene rings is 2. The molecule has 0 aliphatic carbocycles. The summed E-state index contributed by atoms with van der Waals surface area (Å²) in [6, 6.07) is 9.56. The highest BCUT2D eigenvalue weighted by Gasteiger charge is 2.64. The predicted molar refractivity (Wildman–Crippen MR) is 160 cm³/mol. The SMILES string of the molecule is COC(=O)Oc1ccc(/C=N/OCC(=O)NC(C(=O)NC2C(O)N3C2SC(C)(C)C3C(=O)O)c2ccccc2)cc1OC(=O)OC. The van der Waals surface area contributed by atoms with E-state index in [1.165, 1.54) is 41.1 Å². The van der Waals surface area contributed by atoms with Crippen LogP contribution < -0.4 is 20.1 Å². The van der Waals surface area contributed by atoms with Crippen LogP contribution >= 0.6 is 11.8 Å². The molecule has 5 atom stereocenters. The van der Waals surface area contributed by atoms with Gasteiger partial charge in [-0.05, 0) is 37.6 Å². The van der Waals surface area contributed by atoms with E-state index in [-0.39, 0.29) is 11.5 Å². The highest BCUT2D eigenvalue weighted by molar-refractivity contribution is 8.01. The Labute approximate surface area is 266 Å². The van der Waals surface area contributed by atoms with Crippen molar-refractivity contribution in [1.29, 1.82) is 0 Å². The fourth-order valence-electron chi connectivity index (χ4n) is 4.93. The van der Waals surface area contributed by atoms with Crippen molar-refractivity contribution < 1.29 is 58.0 Å². The van der Waals surface area contributed by atoms with Crippen molar-refractivity contribution in [2.45, 2.75) is 48.3 Å². The largest absolute Gasteiger partial charge is 0.513 e. The van der Waals surface area contributed by atoms with E-state index in [1.54, 1.807) is 44.2 Å². The molecule has 4 rings (SSSR count). The van der Waals surface area contributed by atoms with Gasteiger partial charge in [-0.3, -0.25) is 14.4 Å². The van der Waals surface area contributed by atoms with E-state index in [0.29, 0.717) is 11.1 Å². The number of carbonyl (C=O) groups excluding carboxylic acids is 4. The quantitative estimate of drug-likeness (QED) is 0.117. The molecule has 2 amide bonds. The molecule has 2 aliphatic rings. The van der Waals surface area contributed by atoms with Crippen molar-refractivity contribution in [2.75, 3.05) is 20.8 Å². The molecule has 4 N–H and O–H groups in total. The zero-order chi connectivity index (χ0) is 33.6. The zero-order valence-corrected chi connectivity index (χ0v) is 25.9. The van der Waals surface area contributed by atoms with Crippen LogP contribution in [-0.2, 0) is 28.7 Å². The molecular formula is C29H32N4O12S. The second kappa shape index (κ2) is 14.5. The van der Waals surface area contributed by atoms with Gasteiger partial charge in [0.05, 0.1) is 31.8 Å². The van der Waals surface area contributed by atoms with Crippen molar-refractivity contribution in [3.05, 3.63) is 59.7 Å². The van der Waals surface area contributed by atoms with Gasteiger partial charge in [0.25, 0.3) is 5.91 Å². The molecule has 0 spiro atoms. The number of aliphatic carboxylic acids is 1. The van der Waals surface area contributed by atoms with Crippen molar-refractivity contribution in [3.63, 3.8) is 0 Å². The molecule has 2 aromatic carbocycles. The number of carboxylic acids is 1. The van der Waals surface area contributed by atoms with Gasteiger partial charge in [0.2, 0.25) is 5.91 Å². The van der Waals surface area contributed by atoms with Crippen LogP contribution in [0, 0.1) is 0 Å². The van der Waals surface area contributed by atoms with Crippen LogP contribution in [-0.4, -0.2) is 101 Å². The lowest BCUT2D eigenvalue weighted by molar-refractivity contribution is -0.170.